The third-order valence-corrected chi connectivity index (χ3v) is 2.35. The van der Waals surface area contributed by atoms with Crippen LogP contribution in [0.2, 0.25) is 0 Å². The fraction of sp³-hybridized carbons (Fsp3) is 0.0833. The standard InChI is InChI=1S/C12H8N4O4/c13-6-5-11(17)14-15-12-4-1-8-7-9(16(18)19)2-3-10(8)20-12/h1-4,7H,5H2,(H,14,17)/b15-12-. The van der Waals surface area contributed by atoms with Crippen LogP contribution in [-0.4, -0.2) is 10.8 Å². The first kappa shape index (κ1) is 13.2. The Morgan fingerprint density at radius 2 is 2.25 bits per heavy atom. The summed E-state index contributed by atoms with van der Waals surface area (Å²) in [5, 5.41) is 23.2. The third kappa shape index (κ3) is 2.97. The van der Waals surface area contributed by atoms with E-state index in [0.29, 0.717) is 11.0 Å². The zero-order valence-electron chi connectivity index (χ0n) is 10.1. The largest absolute Gasteiger partial charge is 0.437 e. The number of rotatable bonds is 3. The number of amides is 1. The highest BCUT2D eigenvalue weighted by molar-refractivity contribution is 5.79. The number of nitro benzene ring substituents is 1. The molecule has 1 aromatic carbocycles. The molecule has 0 spiro atoms. The summed E-state index contributed by atoms with van der Waals surface area (Å²) in [4.78, 5) is 21.2. The molecule has 8 nitrogen and oxygen atoms in total. The quantitative estimate of drug-likeness (QED) is 0.664. The van der Waals surface area contributed by atoms with E-state index >= 15 is 0 Å². The van der Waals surface area contributed by atoms with Crippen LogP contribution >= 0.6 is 0 Å². The van der Waals surface area contributed by atoms with Crippen LogP contribution < -0.4 is 11.0 Å². The predicted octanol–water partition coefficient (Wildman–Crippen LogP) is 1.19. The lowest BCUT2D eigenvalue weighted by Gasteiger charge is -1.97. The van der Waals surface area contributed by atoms with Gasteiger partial charge in [-0.05, 0) is 12.1 Å². The molecule has 0 saturated carbocycles. The lowest BCUT2D eigenvalue weighted by Crippen LogP contribution is -2.20. The Morgan fingerprint density at radius 1 is 1.45 bits per heavy atom. The zero-order valence-corrected chi connectivity index (χ0v) is 10.1. The predicted molar refractivity (Wildman–Crippen MR) is 66.8 cm³/mol. The monoisotopic (exact) mass is 272 g/mol. The van der Waals surface area contributed by atoms with Crippen LogP contribution in [0.25, 0.3) is 11.0 Å². The van der Waals surface area contributed by atoms with Crippen molar-refractivity contribution < 1.29 is 14.1 Å². The number of carbonyl (C=O) groups is 1. The lowest BCUT2D eigenvalue weighted by atomic mass is 10.2. The van der Waals surface area contributed by atoms with Gasteiger partial charge < -0.3 is 4.42 Å². The van der Waals surface area contributed by atoms with Gasteiger partial charge >= 0.3 is 0 Å². The van der Waals surface area contributed by atoms with Gasteiger partial charge in [-0.15, -0.1) is 5.10 Å². The van der Waals surface area contributed by atoms with Crippen molar-refractivity contribution in [2.45, 2.75) is 6.42 Å². The molecule has 2 aromatic rings. The molecule has 0 atom stereocenters. The van der Waals surface area contributed by atoms with E-state index in [1.54, 1.807) is 12.1 Å². The molecule has 1 aromatic heterocycles. The summed E-state index contributed by atoms with van der Waals surface area (Å²) in [7, 11) is 0. The smallest absolute Gasteiger partial charge is 0.270 e. The van der Waals surface area contributed by atoms with Crippen molar-refractivity contribution in [3.05, 3.63) is 46.0 Å². The van der Waals surface area contributed by atoms with E-state index in [1.165, 1.54) is 24.3 Å². The molecule has 0 unspecified atom stereocenters. The molecule has 20 heavy (non-hydrogen) atoms. The topological polar surface area (TPSA) is 122 Å². The number of nitrogens with one attached hydrogen (secondary N) is 1. The van der Waals surface area contributed by atoms with E-state index in [2.05, 4.69) is 10.5 Å². The van der Waals surface area contributed by atoms with Crippen LogP contribution in [-0.2, 0) is 4.79 Å². The van der Waals surface area contributed by atoms with Gasteiger partial charge in [-0.1, -0.05) is 0 Å². The van der Waals surface area contributed by atoms with Gasteiger partial charge in [-0.2, -0.15) is 5.26 Å². The van der Waals surface area contributed by atoms with E-state index in [4.69, 9.17) is 9.68 Å². The second-order valence-corrected chi connectivity index (χ2v) is 3.73. The highest BCUT2D eigenvalue weighted by Crippen LogP contribution is 2.18. The Bertz CT molecular complexity index is 788. The van der Waals surface area contributed by atoms with Crippen molar-refractivity contribution in [3.63, 3.8) is 0 Å². The van der Waals surface area contributed by atoms with Gasteiger partial charge in [-0.25, -0.2) is 5.43 Å². The van der Waals surface area contributed by atoms with Gasteiger partial charge in [0.05, 0.1) is 11.0 Å². The van der Waals surface area contributed by atoms with Gasteiger partial charge in [0.25, 0.3) is 11.6 Å². The van der Waals surface area contributed by atoms with Crippen LogP contribution in [0, 0.1) is 21.4 Å². The van der Waals surface area contributed by atoms with E-state index < -0.39 is 10.8 Å². The fourth-order valence-corrected chi connectivity index (χ4v) is 1.47. The molecule has 0 aliphatic carbocycles. The number of benzene rings is 1. The average molecular weight is 272 g/mol. The minimum atomic E-state index is -0.550. The van der Waals surface area contributed by atoms with Crippen LogP contribution in [0.4, 0.5) is 5.69 Å². The molecule has 0 bridgehead atoms. The lowest BCUT2D eigenvalue weighted by molar-refractivity contribution is -0.384. The summed E-state index contributed by atoms with van der Waals surface area (Å²) in [6.07, 6.45) is -0.302. The van der Waals surface area contributed by atoms with Crippen molar-refractivity contribution in [2.75, 3.05) is 0 Å². The highest BCUT2D eigenvalue weighted by atomic mass is 16.6. The Kier molecular flexibility index (Phi) is 3.72. The molecular formula is C12H8N4O4. The molecule has 1 amide bonds. The van der Waals surface area contributed by atoms with Gasteiger partial charge in [0.15, 0.2) is 0 Å². The summed E-state index contributed by atoms with van der Waals surface area (Å²) in [6, 6.07) is 8.85. The average Bonchev–Trinajstić information content (AvgIpc) is 2.44. The normalized spacial score (nSPS) is 11.1. The Hall–Kier alpha value is -3.21. The van der Waals surface area contributed by atoms with E-state index in [1.807, 2.05) is 0 Å². The van der Waals surface area contributed by atoms with Crippen LogP contribution in [0.15, 0.2) is 39.9 Å². The SMILES string of the molecule is N#CCC(=O)N/N=c1/ccc2cc([N+](=O)[O-])ccc2o1. The first-order chi connectivity index (χ1) is 9.60. The number of non-ortho nitro benzene ring substituents is 1. The van der Waals surface area contributed by atoms with E-state index in [-0.39, 0.29) is 17.7 Å². The number of fused-ring (bicyclic) bond motifs is 1. The van der Waals surface area contributed by atoms with Crippen molar-refractivity contribution in [1.29, 1.82) is 5.26 Å². The molecule has 1 N–H and O–H groups in total. The van der Waals surface area contributed by atoms with Crippen LogP contribution in [0.3, 0.4) is 0 Å². The molecule has 0 saturated heterocycles. The van der Waals surface area contributed by atoms with Crippen molar-refractivity contribution >= 4 is 22.6 Å². The summed E-state index contributed by atoms with van der Waals surface area (Å²) < 4.78 is 5.34. The molecule has 0 radical (unpaired) electrons. The van der Waals surface area contributed by atoms with Crippen LogP contribution in [0.1, 0.15) is 6.42 Å². The zero-order chi connectivity index (χ0) is 14.5. The Morgan fingerprint density at radius 3 is 2.95 bits per heavy atom. The minimum Gasteiger partial charge on any atom is -0.437 e. The highest BCUT2D eigenvalue weighted by Gasteiger charge is 2.06. The van der Waals surface area contributed by atoms with Gasteiger partial charge in [0, 0.05) is 23.6 Å². The van der Waals surface area contributed by atoms with E-state index in [9.17, 15) is 14.9 Å². The molecule has 100 valence electrons. The second kappa shape index (κ2) is 5.62. The van der Waals surface area contributed by atoms with Gasteiger partial charge in [0.1, 0.15) is 12.0 Å². The first-order valence-corrected chi connectivity index (χ1v) is 5.48. The third-order valence-electron chi connectivity index (χ3n) is 2.35. The number of nitro groups is 1. The Labute approximate surface area is 112 Å². The number of carbonyl (C=O) groups excluding carboxylic acids is 1. The second-order valence-electron chi connectivity index (χ2n) is 3.73. The number of hydrogen-bond acceptors (Lipinski definition) is 6. The van der Waals surface area contributed by atoms with Crippen LogP contribution in [0.5, 0.6) is 0 Å². The maximum Gasteiger partial charge on any atom is 0.270 e. The number of nitrogens with zero attached hydrogens (tertiary/aromatic N) is 3. The molecule has 8 heteroatoms. The van der Waals surface area contributed by atoms with Gasteiger partial charge in [-0.3, -0.25) is 14.9 Å². The van der Waals surface area contributed by atoms with Gasteiger partial charge in [0.2, 0.25) is 5.55 Å². The maximum atomic E-state index is 11.1. The summed E-state index contributed by atoms with van der Waals surface area (Å²) >= 11 is 0. The molecule has 2 rings (SSSR count). The van der Waals surface area contributed by atoms with Crippen molar-refractivity contribution in [1.82, 2.24) is 5.43 Å². The minimum absolute atomic E-state index is 0.0419. The molecule has 0 aliphatic rings. The van der Waals surface area contributed by atoms with Crippen molar-refractivity contribution in [3.8, 4) is 6.07 Å². The Balaban J connectivity index is 2.33. The molecule has 1 heterocycles. The van der Waals surface area contributed by atoms with E-state index in [0.717, 1.165) is 0 Å². The molecular weight excluding hydrogens is 264 g/mol. The summed E-state index contributed by atoms with van der Waals surface area (Å²) in [5.74, 6) is -0.550. The first-order valence-electron chi connectivity index (χ1n) is 5.48. The summed E-state index contributed by atoms with van der Waals surface area (Å²) in [5.41, 5.74) is 2.63. The number of nitriles is 1. The number of hydrogen-bond donors (Lipinski definition) is 1. The fourth-order valence-electron chi connectivity index (χ4n) is 1.47. The molecule has 0 fully saturated rings. The molecule has 0 aliphatic heterocycles. The summed E-state index contributed by atoms with van der Waals surface area (Å²) in [6.45, 7) is 0. The van der Waals surface area contributed by atoms with Crippen molar-refractivity contribution in [2.24, 2.45) is 5.10 Å². The maximum absolute atomic E-state index is 11.1.